The highest BCUT2D eigenvalue weighted by atomic mass is 16.7. The van der Waals surface area contributed by atoms with Crippen molar-refractivity contribution in [3.8, 4) is 0 Å². The monoisotopic (exact) mass is 243 g/mol. The van der Waals surface area contributed by atoms with Gasteiger partial charge in [0.15, 0.2) is 6.29 Å². The first kappa shape index (κ1) is 13.2. The van der Waals surface area contributed by atoms with Gasteiger partial charge in [-0.15, -0.1) is 0 Å². The van der Waals surface area contributed by atoms with Crippen LogP contribution < -0.4 is 5.73 Å². The molecule has 0 aliphatic carbocycles. The Morgan fingerprint density at radius 2 is 1.94 bits per heavy atom. The molecule has 0 spiro atoms. The van der Waals surface area contributed by atoms with Gasteiger partial charge in [-0.25, -0.2) is 0 Å². The SMILES string of the molecule is CN1CCN(CCC2OCC(CCN)O2)CC1. The standard InChI is InChI=1S/C12H25N3O2/c1-14-6-8-15(9-7-14)5-3-12-16-10-11(17-12)2-4-13/h11-12H,2-10,13H2,1H3. The molecule has 5 heteroatoms. The maximum Gasteiger partial charge on any atom is 0.159 e. The van der Waals surface area contributed by atoms with Crippen molar-refractivity contribution >= 4 is 0 Å². The van der Waals surface area contributed by atoms with E-state index in [0.717, 1.165) is 32.5 Å². The second-order valence-electron chi connectivity index (χ2n) is 5.03. The van der Waals surface area contributed by atoms with Gasteiger partial charge in [0.1, 0.15) is 0 Å². The Bertz CT molecular complexity index is 220. The number of hydrogen-bond donors (Lipinski definition) is 1. The Labute approximate surface area is 104 Å². The van der Waals surface area contributed by atoms with Gasteiger partial charge < -0.3 is 25.0 Å². The maximum absolute atomic E-state index is 5.77. The Hall–Kier alpha value is -0.200. The molecule has 0 aromatic carbocycles. The summed E-state index contributed by atoms with van der Waals surface area (Å²) in [5, 5.41) is 0. The number of hydrogen-bond acceptors (Lipinski definition) is 5. The molecule has 0 aromatic heterocycles. The van der Waals surface area contributed by atoms with Gasteiger partial charge in [0.25, 0.3) is 0 Å². The zero-order valence-corrected chi connectivity index (χ0v) is 10.8. The first-order valence-electron chi connectivity index (χ1n) is 6.66. The number of piperazine rings is 1. The Morgan fingerprint density at radius 3 is 2.65 bits per heavy atom. The smallest absolute Gasteiger partial charge is 0.159 e. The van der Waals surface area contributed by atoms with Crippen molar-refractivity contribution in [3.05, 3.63) is 0 Å². The molecule has 5 nitrogen and oxygen atoms in total. The number of nitrogens with zero attached hydrogens (tertiary/aromatic N) is 2. The van der Waals surface area contributed by atoms with Crippen molar-refractivity contribution < 1.29 is 9.47 Å². The molecular weight excluding hydrogens is 218 g/mol. The summed E-state index contributed by atoms with van der Waals surface area (Å²) in [6.45, 7) is 7.13. The highest BCUT2D eigenvalue weighted by Crippen LogP contribution is 2.17. The molecule has 0 aromatic rings. The molecule has 2 unspecified atom stereocenters. The summed E-state index contributed by atoms with van der Waals surface area (Å²) in [5.41, 5.74) is 5.51. The molecule has 2 saturated heterocycles. The summed E-state index contributed by atoms with van der Waals surface area (Å²) >= 11 is 0. The molecule has 0 saturated carbocycles. The quantitative estimate of drug-likeness (QED) is 0.719. The Kier molecular flexibility index (Phi) is 5.18. The third-order valence-corrected chi connectivity index (χ3v) is 3.58. The van der Waals surface area contributed by atoms with Crippen molar-refractivity contribution in [1.29, 1.82) is 0 Å². The lowest BCUT2D eigenvalue weighted by Gasteiger charge is -2.32. The highest BCUT2D eigenvalue weighted by Gasteiger charge is 2.25. The molecule has 2 heterocycles. The number of nitrogens with two attached hydrogens (primary N) is 1. The second kappa shape index (κ2) is 6.66. The minimum absolute atomic E-state index is 0.00814. The molecule has 0 radical (unpaired) electrons. The van der Waals surface area contributed by atoms with Crippen LogP contribution >= 0.6 is 0 Å². The molecule has 2 N–H and O–H groups in total. The topological polar surface area (TPSA) is 51.0 Å². The van der Waals surface area contributed by atoms with Gasteiger partial charge in [-0.2, -0.15) is 0 Å². The zero-order valence-electron chi connectivity index (χ0n) is 10.8. The summed E-state index contributed by atoms with van der Waals surface area (Å²) in [4.78, 5) is 4.86. The lowest BCUT2D eigenvalue weighted by molar-refractivity contribution is -0.0678. The average Bonchev–Trinajstić information content (AvgIpc) is 2.77. The van der Waals surface area contributed by atoms with Gasteiger partial charge in [-0.05, 0) is 20.0 Å². The maximum atomic E-state index is 5.77. The van der Waals surface area contributed by atoms with Gasteiger partial charge in [-0.1, -0.05) is 0 Å². The summed E-state index contributed by atoms with van der Waals surface area (Å²) in [5.74, 6) is 0. The van der Waals surface area contributed by atoms with Crippen LogP contribution in [0.4, 0.5) is 0 Å². The minimum atomic E-state index is -0.00814. The van der Waals surface area contributed by atoms with Gasteiger partial charge >= 0.3 is 0 Å². The fraction of sp³-hybridized carbons (Fsp3) is 1.00. The molecule has 2 atom stereocenters. The molecule has 2 aliphatic rings. The van der Waals surface area contributed by atoms with Crippen molar-refractivity contribution in [2.45, 2.75) is 25.2 Å². The van der Waals surface area contributed by atoms with E-state index < -0.39 is 0 Å². The number of ether oxygens (including phenoxy) is 2. The van der Waals surface area contributed by atoms with Crippen LogP contribution in [0.2, 0.25) is 0 Å². The average molecular weight is 243 g/mol. The van der Waals surface area contributed by atoms with Crippen LogP contribution in [0.25, 0.3) is 0 Å². The van der Waals surface area contributed by atoms with Gasteiger partial charge in [0.05, 0.1) is 12.7 Å². The normalized spacial score (nSPS) is 32.1. The minimum Gasteiger partial charge on any atom is -0.350 e. The molecule has 0 amide bonds. The largest absolute Gasteiger partial charge is 0.350 e. The third kappa shape index (κ3) is 4.19. The van der Waals surface area contributed by atoms with Gasteiger partial charge in [-0.3, -0.25) is 0 Å². The molecule has 100 valence electrons. The number of likely N-dealkylation sites (N-methyl/N-ethyl adjacent to an activating group) is 1. The molecule has 17 heavy (non-hydrogen) atoms. The van der Waals surface area contributed by atoms with E-state index in [2.05, 4.69) is 16.8 Å². The van der Waals surface area contributed by atoms with Gasteiger partial charge in [0.2, 0.25) is 0 Å². The van der Waals surface area contributed by atoms with E-state index in [1.807, 2.05) is 0 Å². The van der Waals surface area contributed by atoms with Crippen molar-refractivity contribution in [1.82, 2.24) is 9.80 Å². The third-order valence-electron chi connectivity index (χ3n) is 3.58. The van der Waals surface area contributed by atoms with Gasteiger partial charge in [0, 0.05) is 39.1 Å². The van der Waals surface area contributed by atoms with Crippen LogP contribution in [-0.4, -0.2) is 75.1 Å². The summed E-state index contributed by atoms with van der Waals surface area (Å²) in [6.07, 6.45) is 2.10. The summed E-state index contributed by atoms with van der Waals surface area (Å²) in [7, 11) is 2.18. The fourth-order valence-electron chi connectivity index (χ4n) is 2.36. The molecular formula is C12H25N3O2. The molecule has 2 rings (SSSR count). The molecule has 0 bridgehead atoms. The van der Waals surface area contributed by atoms with E-state index in [1.165, 1.54) is 13.1 Å². The zero-order chi connectivity index (χ0) is 12.1. The van der Waals surface area contributed by atoms with E-state index in [0.29, 0.717) is 13.2 Å². The fourth-order valence-corrected chi connectivity index (χ4v) is 2.36. The van der Waals surface area contributed by atoms with E-state index in [9.17, 15) is 0 Å². The highest BCUT2D eigenvalue weighted by molar-refractivity contribution is 4.71. The first-order valence-corrected chi connectivity index (χ1v) is 6.66. The summed E-state index contributed by atoms with van der Waals surface area (Å²) in [6, 6.07) is 0. The van der Waals surface area contributed by atoms with Crippen LogP contribution in [0.15, 0.2) is 0 Å². The van der Waals surface area contributed by atoms with Crippen molar-refractivity contribution in [3.63, 3.8) is 0 Å². The Balaban J connectivity index is 1.59. The second-order valence-corrected chi connectivity index (χ2v) is 5.03. The molecule has 2 fully saturated rings. The van der Waals surface area contributed by atoms with E-state index in [1.54, 1.807) is 0 Å². The van der Waals surface area contributed by atoms with Crippen LogP contribution in [0.5, 0.6) is 0 Å². The predicted molar refractivity (Wildman–Crippen MR) is 66.8 cm³/mol. The van der Waals surface area contributed by atoms with Crippen molar-refractivity contribution in [2.75, 3.05) is 52.9 Å². The first-order chi connectivity index (χ1) is 8.28. The lowest BCUT2D eigenvalue weighted by Crippen LogP contribution is -2.45. The van der Waals surface area contributed by atoms with E-state index >= 15 is 0 Å². The van der Waals surface area contributed by atoms with Crippen LogP contribution in [0.1, 0.15) is 12.8 Å². The van der Waals surface area contributed by atoms with Crippen LogP contribution in [0.3, 0.4) is 0 Å². The van der Waals surface area contributed by atoms with E-state index in [-0.39, 0.29) is 12.4 Å². The molecule has 2 aliphatic heterocycles. The number of rotatable bonds is 5. The lowest BCUT2D eigenvalue weighted by atomic mass is 10.3. The predicted octanol–water partition coefficient (Wildman–Crippen LogP) is -0.286. The summed E-state index contributed by atoms with van der Waals surface area (Å²) < 4.78 is 11.4. The Morgan fingerprint density at radius 1 is 1.18 bits per heavy atom. The van der Waals surface area contributed by atoms with E-state index in [4.69, 9.17) is 15.2 Å². The van der Waals surface area contributed by atoms with Crippen LogP contribution in [0, 0.1) is 0 Å². The van der Waals surface area contributed by atoms with Crippen molar-refractivity contribution in [2.24, 2.45) is 5.73 Å². The van der Waals surface area contributed by atoms with Crippen LogP contribution in [-0.2, 0) is 9.47 Å².